The minimum absolute atomic E-state index is 0.00999. The Morgan fingerprint density at radius 3 is 2.82 bits per heavy atom. The molecule has 0 aliphatic rings. The first-order chi connectivity index (χ1) is 8.09. The zero-order chi connectivity index (χ0) is 12.7. The highest BCUT2D eigenvalue weighted by Gasteiger charge is 2.05. The van der Waals surface area contributed by atoms with Crippen LogP contribution in [0.25, 0.3) is 0 Å². The Bertz CT molecular complexity index is 367. The molecule has 1 rings (SSSR count). The van der Waals surface area contributed by atoms with E-state index in [1.807, 2.05) is 14.1 Å². The zero-order valence-electron chi connectivity index (χ0n) is 10.2. The summed E-state index contributed by atoms with van der Waals surface area (Å²) in [6.45, 7) is 1.58. The number of hydrogen-bond acceptors (Lipinski definition) is 4. The average Bonchev–Trinajstić information content (AvgIpc) is 2.28. The van der Waals surface area contributed by atoms with Crippen LogP contribution in [-0.2, 0) is 0 Å². The average molecular weight is 238 g/mol. The minimum atomic E-state index is -1.04. The van der Waals surface area contributed by atoms with Crippen LogP contribution in [0.2, 0.25) is 0 Å². The molecule has 5 heteroatoms. The van der Waals surface area contributed by atoms with Crippen molar-refractivity contribution in [1.29, 1.82) is 0 Å². The molecule has 0 aromatic carbocycles. The molecule has 0 spiro atoms. The Labute approximate surface area is 101 Å². The number of carboxylic acid groups (broad SMARTS) is 1. The highest BCUT2D eigenvalue weighted by Crippen LogP contribution is 2.08. The number of pyridine rings is 1. The van der Waals surface area contributed by atoms with Gasteiger partial charge in [-0.3, -0.25) is 0 Å². The first-order valence-corrected chi connectivity index (χ1v) is 5.57. The molecule has 17 heavy (non-hydrogen) atoms. The number of aromatic carboxylic acids is 1. The van der Waals surface area contributed by atoms with Gasteiger partial charge in [0, 0.05) is 6.07 Å². The number of nitrogens with zero attached hydrogens (tertiary/aromatic N) is 2. The smallest absolute Gasteiger partial charge is 0.354 e. The van der Waals surface area contributed by atoms with Crippen LogP contribution in [0.1, 0.15) is 23.3 Å². The molecule has 0 unspecified atom stereocenters. The summed E-state index contributed by atoms with van der Waals surface area (Å²) in [4.78, 5) is 16.7. The lowest BCUT2D eigenvalue weighted by Crippen LogP contribution is -2.14. The first-order valence-electron chi connectivity index (χ1n) is 5.57. The van der Waals surface area contributed by atoms with Crippen LogP contribution in [0, 0.1) is 0 Å². The van der Waals surface area contributed by atoms with E-state index in [4.69, 9.17) is 9.84 Å². The number of ether oxygens (including phenoxy) is 1. The van der Waals surface area contributed by atoms with Crippen molar-refractivity contribution >= 4 is 5.97 Å². The second kappa shape index (κ2) is 6.85. The van der Waals surface area contributed by atoms with Gasteiger partial charge in [-0.15, -0.1) is 0 Å². The summed E-state index contributed by atoms with van der Waals surface area (Å²) >= 11 is 0. The van der Waals surface area contributed by atoms with Crippen molar-refractivity contribution in [3.63, 3.8) is 0 Å². The SMILES string of the molecule is CN(C)CCCCOc1cccc(C(=O)O)n1. The number of hydrogen-bond donors (Lipinski definition) is 1. The second-order valence-corrected chi connectivity index (χ2v) is 4.03. The summed E-state index contributed by atoms with van der Waals surface area (Å²) in [5.74, 6) is -0.669. The topological polar surface area (TPSA) is 62.7 Å². The van der Waals surface area contributed by atoms with Crippen LogP contribution in [0.4, 0.5) is 0 Å². The predicted octanol–water partition coefficient (Wildman–Crippen LogP) is 1.50. The zero-order valence-corrected chi connectivity index (χ0v) is 10.2. The van der Waals surface area contributed by atoms with Gasteiger partial charge in [-0.05, 0) is 39.5 Å². The van der Waals surface area contributed by atoms with E-state index >= 15 is 0 Å². The molecule has 0 radical (unpaired) electrons. The Balaban J connectivity index is 2.31. The third-order valence-corrected chi connectivity index (χ3v) is 2.19. The van der Waals surface area contributed by atoms with Crippen molar-refractivity contribution < 1.29 is 14.6 Å². The Kier molecular flexibility index (Phi) is 5.42. The van der Waals surface area contributed by atoms with Crippen molar-refractivity contribution in [2.75, 3.05) is 27.2 Å². The van der Waals surface area contributed by atoms with Gasteiger partial charge in [0.15, 0.2) is 5.69 Å². The Morgan fingerprint density at radius 2 is 2.18 bits per heavy atom. The number of carbonyl (C=O) groups is 1. The highest BCUT2D eigenvalue weighted by molar-refractivity contribution is 5.85. The lowest BCUT2D eigenvalue weighted by molar-refractivity contribution is 0.0689. The Hall–Kier alpha value is -1.62. The van der Waals surface area contributed by atoms with E-state index in [0.29, 0.717) is 12.5 Å². The normalized spacial score (nSPS) is 10.5. The number of rotatable bonds is 7. The highest BCUT2D eigenvalue weighted by atomic mass is 16.5. The van der Waals surface area contributed by atoms with Crippen LogP contribution >= 0.6 is 0 Å². The third kappa shape index (κ3) is 5.31. The van der Waals surface area contributed by atoms with Gasteiger partial charge < -0.3 is 14.7 Å². The monoisotopic (exact) mass is 238 g/mol. The summed E-state index contributed by atoms with van der Waals surface area (Å²) in [5.41, 5.74) is 0.00999. The molecule has 1 heterocycles. The van der Waals surface area contributed by atoms with Gasteiger partial charge in [-0.2, -0.15) is 0 Å². The molecule has 0 bridgehead atoms. The van der Waals surface area contributed by atoms with Crippen molar-refractivity contribution in [3.05, 3.63) is 23.9 Å². The molecule has 0 saturated carbocycles. The summed E-state index contributed by atoms with van der Waals surface area (Å²) in [7, 11) is 4.05. The molecule has 1 N–H and O–H groups in total. The molecular formula is C12H18N2O3. The van der Waals surface area contributed by atoms with Crippen LogP contribution in [0.15, 0.2) is 18.2 Å². The van der Waals surface area contributed by atoms with E-state index in [1.165, 1.54) is 6.07 Å². The molecule has 0 fully saturated rings. The van der Waals surface area contributed by atoms with Gasteiger partial charge in [-0.25, -0.2) is 9.78 Å². The summed E-state index contributed by atoms with van der Waals surface area (Å²) in [6, 6.07) is 4.74. The van der Waals surface area contributed by atoms with Gasteiger partial charge >= 0.3 is 5.97 Å². The van der Waals surface area contributed by atoms with E-state index in [9.17, 15) is 4.79 Å². The fraction of sp³-hybridized carbons (Fsp3) is 0.500. The van der Waals surface area contributed by atoms with Crippen LogP contribution < -0.4 is 4.74 Å². The fourth-order valence-corrected chi connectivity index (χ4v) is 1.32. The number of aromatic nitrogens is 1. The van der Waals surface area contributed by atoms with E-state index in [1.54, 1.807) is 12.1 Å². The second-order valence-electron chi connectivity index (χ2n) is 4.03. The van der Waals surface area contributed by atoms with E-state index < -0.39 is 5.97 Å². The first kappa shape index (κ1) is 13.4. The van der Waals surface area contributed by atoms with Gasteiger partial charge in [0.05, 0.1) is 6.61 Å². The molecule has 0 saturated heterocycles. The third-order valence-electron chi connectivity index (χ3n) is 2.19. The van der Waals surface area contributed by atoms with Crippen molar-refractivity contribution in [3.8, 4) is 5.88 Å². The van der Waals surface area contributed by atoms with Crippen LogP contribution in [0.5, 0.6) is 5.88 Å². The van der Waals surface area contributed by atoms with E-state index in [-0.39, 0.29) is 5.69 Å². The van der Waals surface area contributed by atoms with Gasteiger partial charge in [-0.1, -0.05) is 6.07 Å². The van der Waals surface area contributed by atoms with Gasteiger partial charge in [0.2, 0.25) is 5.88 Å². The van der Waals surface area contributed by atoms with Crippen LogP contribution in [0.3, 0.4) is 0 Å². The predicted molar refractivity (Wildman–Crippen MR) is 64.5 cm³/mol. The lowest BCUT2D eigenvalue weighted by Gasteiger charge is -2.09. The molecule has 0 aliphatic heterocycles. The number of unbranched alkanes of at least 4 members (excludes halogenated alkanes) is 1. The largest absolute Gasteiger partial charge is 0.478 e. The van der Waals surface area contributed by atoms with Gasteiger partial charge in [0.25, 0.3) is 0 Å². The molecule has 5 nitrogen and oxygen atoms in total. The quantitative estimate of drug-likeness (QED) is 0.729. The molecule has 1 aromatic heterocycles. The standard InChI is InChI=1S/C12H18N2O3/c1-14(2)8-3-4-9-17-11-7-5-6-10(13-11)12(15)16/h5-7H,3-4,8-9H2,1-2H3,(H,15,16). The van der Waals surface area contributed by atoms with Crippen LogP contribution in [-0.4, -0.2) is 48.2 Å². The summed E-state index contributed by atoms with van der Waals surface area (Å²) in [6.07, 6.45) is 1.97. The van der Waals surface area contributed by atoms with E-state index in [0.717, 1.165) is 19.4 Å². The molecule has 0 atom stereocenters. The Morgan fingerprint density at radius 1 is 1.41 bits per heavy atom. The maximum atomic E-state index is 10.7. The molecular weight excluding hydrogens is 220 g/mol. The van der Waals surface area contributed by atoms with E-state index in [2.05, 4.69) is 9.88 Å². The summed E-state index contributed by atoms with van der Waals surface area (Å²) < 4.78 is 5.39. The summed E-state index contributed by atoms with van der Waals surface area (Å²) in [5, 5.41) is 8.76. The molecule has 0 amide bonds. The maximum absolute atomic E-state index is 10.7. The fourth-order valence-electron chi connectivity index (χ4n) is 1.32. The maximum Gasteiger partial charge on any atom is 0.354 e. The van der Waals surface area contributed by atoms with Crippen molar-refractivity contribution in [1.82, 2.24) is 9.88 Å². The van der Waals surface area contributed by atoms with Gasteiger partial charge in [0.1, 0.15) is 0 Å². The molecule has 1 aromatic rings. The van der Waals surface area contributed by atoms with Crippen molar-refractivity contribution in [2.24, 2.45) is 0 Å². The minimum Gasteiger partial charge on any atom is -0.478 e. The molecule has 0 aliphatic carbocycles. The molecule has 94 valence electrons. The number of carboxylic acids is 1. The lowest BCUT2D eigenvalue weighted by atomic mass is 10.3. The van der Waals surface area contributed by atoms with Crippen molar-refractivity contribution in [2.45, 2.75) is 12.8 Å².